The summed E-state index contributed by atoms with van der Waals surface area (Å²) in [5.74, 6) is 4.00. The number of fused-ring (bicyclic) bond motifs is 1. The normalized spacial score (nSPS) is 21.4. The molecule has 2 aromatic rings. The molecule has 0 radical (unpaired) electrons. The standard InChI is InChI=1S/C11H12ClN3S/c12-9-4-1-5-15-10(13-14-11(9)15)8-3-2-6-16-7-8/h1,4-5,8H,2-3,6-7H2. The zero-order valence-electron chi connectivity index (χ0n) is 8.77. The molecule has 1 unspecified atom stereocenters. The third-order valence-electron chi connectivity index (χ3n) is 2.94. The molecule has 0 bridgehead atoms. The van der Waals surface area contributed by atoms with Crippen LogP contribution in [0.1, 0.15) is 24.6 Å². The zero-order chi connectivity index (χ0) is 11.0. The van der Waals surface area contributed by atoms with Crippen molar-refractivity contribution in [2.45, 2.75) is 18.8 Å². The van der Waals surface area contributed by atoms with Gasteiger partial charge in [0.2, 0.25) is 0 Å². The summed E-state index contributed by atoms with van der Waals surface area (Å²) in [5, 5.41) is 9.13. The van der Waals surface area contributed by atoms with Crippen LogP contribution < -0.4 is 0 Å². The minimum Gasteiger partial charge on any atom is -0.285 e. The lowest BCUT2D eigenvalue weighted by molar-refractivity contribution is 0.617. The number of nitrogens with zero attached hydrogens (tertiary/aromatic N) is 3. The van der Waals surface area contributed by atoms with E-state index < -0.39 is 0 Å². The van der Waals surface area contributed by atoms with E-state index in [1.807, 2.05) is 34.5 Å². The van der Waals surface area contributed by atoms with E-state index in [9.17, 15) is 0 Å². The Morgan fingerprint density at radius 2 is 2.38 bits per heavy atom. The zero-order valence-corrected chi connectivity index (χ0v) is 10.3. The fourth-order valence-electron chi connectivity index (χ4n) is 2.12. The first-order valence-corrected chi connectivity index (χ1v) is 6.96. The highest BCUT2D eigenvalue weighted by Crippen LogP contribution is 2.31. The van der Waals surface area contributed by atoms with Crippen LogP contribution in [-0.4, -0.2) is 26.1 Å². The van der Waals surface area contributed by atoms with Crippen molar-refractivity contribution in [1.82, 2.24) is 14.6 Å². The SMILES string of the molecule is Clc1cccn2c(C3CCCSC3)nnc12. The number of hydrogen-bond donors (Lipinski definition) is 0. The van der Waals surface area contributed by atoms with Crippen LogP contribution in [0.4, 0.5) is 0 Å². The first kappa shape index (κ1) is 10.4. The van der Waals surface area contributed by atoms with Crippen LogP contribution in [0.15, 0.2) is 18.3 Å². The van der Waals surface area contributed by atoms with E-state index in [0.717, 1.165) is 17.2 Å². The molecular weight excluding hydrogens is 242 g/mol. The second kappa shape index (κ2) is 4.26. The molecule has 0 amide bonds. The molecule has 3 heterocycles. The van der Waals surface area contributed by atoms with E-state index in [1.165, 1.54) is 18.6 Å². The topological polar surface area (TPSA) is 30.2 Å². The van der Waals surface area contributed by atoms with Gasteiger partial charge in [-0.3, -0.25) is 4.40 Å². The molecule has 1 aliphatic heterocycles. The summed E-state index contributed by atoms with van der Waals surface area (Å²) in [6, 6.07) is 3.79. The molecule has 3 rings (SSSR count). The number of pyridine rings is 1. The first-order valence-electron chi connectivity index (χ1n) is 5.43. The van der Waals surface area contributed by atoms with Crippen LogP contribution >= 0.6 is 23.4 Å². The Morgan fingerprint density at radius 1 is 1.44 bits per heavy atom. The Morgan fingerprint density at radius 3 is 3.19 bits per heavy atom. The van der Waals surface area contributed by atoms with Gasteiger partial charge in [0.25, 0.3) is 0 Å². The van der Waals surface area contributed by atoms with Crippen LogP contribution in [0.2, 0.25) is 5.02 Å². The maximum atomic E-state index is 6.08. The lowest BCUT2D eigenvalue weighted by atomic mass is 10.1. The smallest absolute Gasteiger partial charge is 0.179 e. The van der Waals surface area contributed by atoms with Crippen molar-refractivity contribution >= 4 is 29.0 Å². The molecule has 5 heteroatoms. The molecule has 84 valence electrons. The van der Waals surface area contributed by atoms with E-state index in [2.05, 4.69) is 10.2 Å². The van der Waals surface area contributed by atoms with Gasteiger partial charge in [0, 0.05) is 17.9 Å². The number of halogens is 1. The summed E-state index contributed by atoms with van der Waals surface area (Å²) in [6.45, 7) is 0. The number of thioether (sulfide) groups is 1. The molecule has 1 aliphatic rings. The highest BCUT2D eigenvalue weighted by molar-refractivity contribution is 7.99. The monoisotopic (exact) mass is 253 g/mol. The average Bonchev–Trinajstić information content (AvgIpc) is 2.75. The van der Waals surface area contributed by atoms with Gasteiger partial charge in [0.1, 0.15) is 5.82 Å². The van der Waals surface area contributed by atoms with Gasteiger partial charge >= 0.3 is 0 Å². The Hall–Kier alpha value is -0.740. The van der Waals surface area contributed by atoms with Gasteiger partial charge in [0.05, 0.1) is 5.02 Å². The Kier molecular flexibility index (Phi) is 2.77. The molecule has 3 nitrogen and oxygen atoms in total. The van der Waals surface area contributed by atoms with E-state index >= 15 is 0 Å². The molecule has 1 atom stereocenters. The van der Waals surface area contributed by atoms with Crippen LogP contribution in [0.5, 0.6) is 0 Å². The predicted octanol–water partition coefficient (Wildman–Crippen LogP) is 2.99. The summed E-state index contributed by atoms with van der Waals surface area (Å²) in [4.78, 5) is 0. The molecule has 0 saturated carbocycles. The van der Waals surface area contributed by atoms with Gasteiger partial charge in [-0.2, -0.15) is 11.8 Å². The molecular formula is C11H12ClN3S. The van der Waals surface area contributed by atoms with Gasteiger partial charge in [-0.25, -0.2) is 0 Å². The van der Waals surface area contributed by atoms with Crippen molar-refractivity contribution in [2.75, 3.05) is 11.5 Å². The van der Waals surface area contributed by atoms with Crippen molar-refractivity contribution in [2.24, 2.45) is 0 Å². The van der Waals surface area contributed by atoms with E-state index in [0.29, 0.717) is 10.9 Å². The molecule has 1 fully saturated rings. The number of hydrogen-bond acceptors (Lipinski definition) is 3. The lowest BCUT2D eigenvalue weighted by Crippen LogP contribution is -2.12. The third-order valence-corrected chi connectivity index (χ3v) is 4.45. The summed E-state index contributed by atoms with van der Waals surface area (Å²) in [5.41, 5.74) is 0.773. The maximum Gasteiger partial charge on any atom is 0.179 e. The highest BCUT2D eigenvalue weighted by Gasteiger charge is 2.21. The van der Waals surface area contributed by atoms with Crippen molar-refractivity contribution in [3.05, 3.63) is 29.2 Å². The van der Waals surface area contributed by atoms with E-state index in [1.54, 1.807) is 0 Å². The van der Waals surface area contributed by atoms with Crippen molar-refractivity contribution in [3.8, 4) is 0 Å². The third kappa shape index (κ3) is 1.70. The van der Waals surface area contributed by atoms with Gasteiger partial charge < -0.3 is 0 Å². The van der Waals surface area contributed by atoms with Gasteiger partial charge in [-0.05, 0) is 30.7 Å². The molecule has 0 N–H and O–H groups in total. The first-order chi connectivity index (χ1) is 7.86. The van der Waals surface area contributed by atoms with Crippen molar-refractivity contribution in [1.29, 1.82) is 0 Å². The summed E-state index contributed by atoms with van der Waals surface area (Å²) >= 11 is 8.08. The average molecular weight is 254 g/mol. The van der Waals surface area contributed by atoms with Crippen LogP contribution in [-0.2, 0) is 0 Å². The second-order valence-corrected chi connectivity index (χ2v) is 5.58. The molecule has 16 heavy (non-hydrogen) atoms. The maximum absolute atomic E-state index is 6.08. The minimum atomic E-state index is 0.521. The van der Waals surface area contributed by atoms with Gasteiger partial charge in [-0.15, -0.1) is 10.2 Å². The van der Waals surface area contributed by atoms with Crippen molar-refractivity contribution in [3.63, 3.8) is 0 Å². The van der Waals surface area contributed by atoms with Crippen LogP contribution in [0.3, 0.4) is 0 Å². The molecule has 0 aromatic carbocycles. The molecule has 2 aromatic heterocycles. The Balaban J connectivity index is 2.06. The Labute approximate surface area is 103 Å². The van der Waals surface area contributed by atoms with Crippen LogP contribution in [0.25, 0.3) is 5.65 Å². The molecule has 0 spiro atoms. The number of rotatable bonds is 1. The van der Waals surface area contributed by atoms with Crippen molar-refractivity contribution < 1.29 is 0 Å². The van der Waals surface area contributed by atoms with E-state index in [4.69, 9.17) is 11.6 Å². The second-order valence-electron chi connectivity index (χ2n) is 4.02. The fraction of sp³-hybridized carbons (Fsp3) is 0.455. The molecule has 1 saturated heterocycles. The predicted molar refractivity (Wildman–Crippen MR) is 67.3 cm³/mol. The van der Waals surface area contributed by atoms with Crippen LogP contribution in [0, 0.1) is 0 Å². The van der Waals surface area contributed by atoms with Gasteiger partial charge in [-0.1, -0.05) is 11.6 Å². The highest BCUT2D eigenvalue weighted by atomic mass is 35.5. The quantitative estimate of drug-likeness (QED) is 0.783. The lowest BCUT2D eigenvalue weighted by Gasteiger charge is -2.19. The molecule has 0 aliphatic carbocycles. The number of aromatic nitrogens is 3. The Bertz CT molecular complexity index is 505. The largest absolute Gasteiger partial charge is 0.285 e. The minimum absolute atomic E-state index is 0.521. The van der Waals surface area contributed by atoms with Gasteiger partial charge in [0.15, 0.2) is 5.65 Å². The summed E-state index contributed by atoms with van der Waals surface area (Å²) in [6.07, 6.45) is 4.47. The summed E-state index contributed by atoms with van der Waals surface area (Å²) < 4.78 is 2.03. The summed E-state index contributed by atoms with van der Waals surface area (Å²) in [7, 11) is 0. The fourth-order valence-corrected chi connectivity index (χ4v) is 3.46. The van der Waals surface area contributed by atoms with E-state index in [-0.39, 0.29) is 0 Å².